The second-order valence-electron chi connectivity index (χ2n) is 8.32. The van der Waals surface area contributed by atoms with E-state index in [1.165, 1.54) is 5.56 Å². The fourth-order valence-electron chi connectivity index (χ4n) is 4.44. The Morgan fingerprint density at radius 3 is 2.46 bits per heavy atom. The van der Waals surface area contributed by atoms with Crippen LogP contribution in [0.3, 0.4) is 0 Å². The van der Waals surface area contributed by atoms with Crippen molar-refractivity contribution in [1.29, 1.82) is 0 Å². The molecule has 2 heterocycles. The number of rotatable bonds is 5. The van der Waals surface area contributed by atoms with Crippen LogP contribution in [0.4, 0.5) is 0 Å². The average molecular weight is 480 g/mol. The van der Waals surface area contributed by atoms with Crippen LogP contribution in [0, 0.1) is 0 Å². The van der Waals surface area contributed by atoms with Crippen molar-refractivity contribution in [3.8, 4) is 17.2 Å². The number of carbonyl (C=O) groups is 1. The molecule has 0 unspecified atom stereocenters. The third kappa shape index (κ3) is 3.76. The number of benzene rings is 4. The number of fused-ring (bicyclic) bond motifs is 3. The first-order valence-electron chi connectivity index (χ1n) is 11.4. The molecule has 0 aliphatic carbocycles. The van der Waals surface area contributed by atoms with Crippen molar-refractivity contribution in [3.05, 3.63) is 106 Å². The summed E-state index contributed by atoms with van der Waals surface area (Å²) in [4.78, 5) is 27.1. The van der Waals surface area contributed by atoms with Crippen molar-refractivity contribution in [2.75, 3.05) is 6.61 Å². The predicted molar refractivity (Wildman–Crippen MR) is 139 cm³/mol. The molecule has 1 aliphatic rings. The topological polar surface area (TPSA) is 57.5 Å². The Labute approximate surface area is 205 Å². The first-order chi connectivity index (χ1) is 17.1. The number of nitrogens with zero attached hydrogens (tertiary/aromatic N) is 1. The van der Waals surface area contributed by atoms with E-state index in [1.807, 2.05) is 71.3 Å². The molecular weight excluding hydrogens is 458 g/mol. The molecule has 5 nitrogen and oxygen atoms in total. The van der Waals surface area contributed by atoms with Gasteiger partial charge in [-0.3, -0.25) is 4.79 Å². The van der Waals surface area contributed by atoms with Gasteiger partial charge in [-0.2, -0.15) is 0 Å². The van der Waals surface area contributed by atoms with Crippen LogP contribution < -0.4 is 10.2 Å². The van der Waals surface area contributed by atoms with Crippen LogP contribution in [0.5, 0.6) is 11.5 Å². The van der Waals surface area contributed by atoms with Crippen molar-refractivity contribution < 1.29 is 14.3 Å². The Kier molecular flexibility index (Phi) is 5.30. The SMILES string of the molecule is CCOC(=O)c1cn2c3c(cc(SCc4ccccc4)cc3c1=O)Oc1cc3ccccc3cc1-2. The van der Waals surface area contributed by atoms with Crippen LogP contribution in [0.1, 0.15) is 22.8 Å². The first kappa shape index (κ1) is 21.5. The normalized spacial score (nSPS) is 11.8. The van der Waals surface area contributed by atoms with E-state index >= 15 is 0 Å². The molecule has 0 spiro atoms. The zero-order valence-electron chi connectivity index (χ0n) is 19.0. The monoisotopic (exact) mass is 479 g/mol. The largest absolute Gasteiger partial charge is 0.462 e. The maximum Gasteiger partial charge on any atom is 0.343 e. The standard InChI is InChI=1S/C29H21NO4S/c1-2-33-29(32)23-16-30-24-12-19-10-6-7-11-20(19)13-25(24)34-26-15-21(14-22(27(26)30)28(23)31)35-17-18-8-4-3-5-9-18/h3-16H,2,17H2,1H3. The molecule has 0 fully saturated rings. The zero-order chi connectivity index (χ0) is 23.9. The highest BCUT2D eigenvalue weighted by Crippen LogP contribution is 2.43. The Morgan fingerprint density at radius 1 is 0.943 bits per heavy atom. The maximum absolute atomic E-state index is 13.5. The highest BCUT2D eigenvalue weighted by molar-refractivity contribution is 7.98. The Bertz CT molecular complexity index is 1670. The Balaban J connectivity index is 1.57. The summed E-state index contributed by atoms with van der Waals surface area (Å²) in [5.74, 6) is 1.38. The van der Waals surface area contributed by atoms with Crippen molar-refractivity contribution in [1.82, 2.24) is 4.57 Å². The average Bonchev–Trinajstić information content (AvgIpc) is 2.88. The van der Waals surface area contributed by atoms with Gasteiger partial charge in [0.2, 0.25) is 5.43 Å². The number of aromatic nitrogens is 1. The molecule has 5 aromatic rings. The van der Waals surface area contributed by atoms with Crippen molar-refractivity contribution in [3.63, 3.8) is 0 Å². The minimum atomic E-state index is -0.624. The molecule has 6 heteroatoms. The van der Waals surface area contributed by atoms with E-state index in [0.717, 1.165) is 27.1 Å². The van der Waals surface area contributed by atoms with Gasteiger partial charge in [-0.25, -0.2) is 4.79 Å². The summed E-state index contributed by atoms with van der Waals surface area (Å²) in [6.45, 7) is 1.92. The summed E-state index contributed by atoms with van der Waals surface area (Å²) in [7, 11) is 0. The molecule has 172 valence electrons. The highest BCUT2D eigenvalue weighted by atomic mass is 32.2. The summed E-state index contributed by atoms with van der Waals surface area (Å²) in [5, 5.41) is 2.52. The van der Waals surface area contributed by atoms with E-state index in [9.17, 15) is 9.59 Å². The number of ether oxygens (including phenoxy) is 2. The lowest BCUT2D eigenvalue weighted by Gasteiger charge is -2.25. The van der Waals surface area contributed by atoms with Crippen LogP contribution in [0.25, 0.3) is 27.4 Å². The van der Waals surface area contributed by atoms with Gasteiger partial charge in [0.15, 0.2) is 11.5 Å². The van der Waals surface area contributed by atoms with Crippen LogP contribution in [0.15, 0.2) is 94.7 Å². The molecule has 0 N–H and O–H groups in total. The van der Waals surface area contributed by atoms with E-state index < -0.39 is 5.97 Å². The molecule has 4 aromatic carbocycles. The summed E-state index contributed by atoms with van der Waals surface area (Å²) >= 11 is 1.62. The summed E-state index contributed by atoms with van der Waals surface area (Å²) in [6.07, 6.45) is 1.58. The van der Waals surface area contributed by atoms with Crippen molar-refractivity contribution in [2.24, 2.45) is 0 Å². The van der Waals surface area contributed by atoms with Gasteiger partial charge in [0.25, 0.3) is 0 Å². The van der Waals surface area contributed by atoms with E-state index in [1.54, 1.807) is 24.9 Å². The second kappa shape index (κ2) is 8.64. The summed E-state index contributed by atoms with van der Waals surface area (Å²) in [6, 6.07) is 26.0. The summed E-state index contributed by atoms with van der Waals surface area (Å²) < 4.78 is 13.5. The molecule has 0 saturated heterocycles. The lowest BCUT2D eigenvalue weighted by atomic mass is 10.1. The smallest absolute Gasteiger partial charge is 0.343 e. The Morgan fingerprint density at radius 2 is 1.69 bits per heavy atom. The number of thioether (sulfide) groups is 1. The van der Waals surface area contributed by atoms with Gasteiger partial charge in [-0.05, 0) is 47.5 Å². The van der Waals surface area contributed by atoms with Gasteiger partial charge in [0.1, 0.15) is 11.1 Å². The van der Waals surface area contributed by atoms with Gasteiger partial charge in [-0.1, -0.05) is 54.6 Å². The molecule has 0 amide bonds. The minimum absolute atomic E-state index is 0.0107. The van der Waals surface area contributed by atoms with Crippen LogP contribution >= 0.6 is 11.8 Å². The fourth-order valence-corrected chi connectivity index (χ4v) is 5.36. The molecular formula is C29H21NO4S. The fraction of sp³-hybridized carbons (Fsp3) is 0.103. The molecule has 6 rings (SSSR count). The van der Waals surface area contributed by atoms with Crippen LogP contribution in [-0.2, 0) is 10.5 Å². The molecule has 1 aliphatic heterocycles. The number of esters is 1. The number of hydrogen-bond acceptors (Lipinski definition) is 5. The van der Waals surface area contributed by atoms with Gasteiger partial charge < -0.3 is 14.0 Å². The summed E-state index contributed by atoms with van der Waals surface area (Å²) in [5.41, 5.74) is 2.26. The van der Waals surface area contributed by atoms with Gasteiger partial charge in [0.05, 0.1) is 17.7 Å². The molecule has 0 bridgehead atoms. The van der Waals surface area contributed by atoms with Crippen molar-refractivity contribution in [2.45, 2.75) is 17.6 Å². The van der Waals surface area contributed by atoms with Gasteiger partial charge >= 0.3 is 5.97 Å². The maximum atomic E-state index is 13.5. The van der Waals surface area contributed by atoms with E-state index in [-0.39, 0.29) is 17.6 Å². The molecule has 0 radical (unpaired) electrons. The van der Waals surface area contributed by atoms with Gasteiger partial charge in [0, 0.05) is 16.8 Å². The first-order valence-corrected chi connectivity index (χ1v) is 12.4. The lowest BCUT2D eigenvalue weighted by molar-refractivity contribution is 0.0524. The number of hydrogen-bond donors (Lipinski definition) is 0. The third-order valence-electron chi connectivity index (χ3n) is 6.09. The third-order valence-corrected chi connectivity index (χ3v) is 7.13. The Hall–Kier alpha value is -4.03. The molecule has 0 atom stereocenters. The van der Waals surface area contributed by atoms with E-state index in [2.05, 4.69) is 12.1 Å². The number of pyridine rings is 1. The highest BCUT2D eigenvalue weighted by Gasteiger charge is 2.26. The van der Waals surface area contributed by atoms with E-state index in [4.69, 9.17) is 9.47 Å². The minimum Gasteiger partial charge on any atom is -0.462 e. The second-order valence-corrected chi connectivity index (χ2v) is 9.37. The molecule has 35 heavy (non-hydrogen) atoms. The van der Waals surface area contributed by atoms with Crippen LogP contribution in [0.2, 0.25) is 0 Å². The van der Waals surface area contributed by atoms with E-state index in [0.29, 0.717) is 22.4 Å². The zero-order valence-corrected chi connectivity index (χ0v) is 19.8. The van der Waals surface area contributed by atoms with Crippen LogP contribution in [-0.4, -0.2) is 17.1 Å². The van der Waals surface area contributed by atoms with Crippen molar-refractivity contribution >= 4 is 39.4 Å². The lowest BCUT2D eigenvalue weighted by Crippen LogP contribution is -2.22. The molecule has 0 saturated carbocycles. The predicted octanol–water partition coefficient (Wildman–Crippen LogP) is 6.72. The molecule has 1 aromatic heterocycles. The number of carbonyl (C=O) groups excluding carboxylic acids is 1. The quantitative estimate of drug-likeness (QED) is 0.203. The van der Waals surface area contributed by atoms with Gasteiger partial charge in [-0.15, -0.1) is 11.8 Å².